The molecule has 4 atom stereocenters. The third kappa shape index (κ3) is 7.27. The van der Waals surface area contributed by atoms with Crippen molar-refractivity contribution in [2.24, 2.45) is 7.05 Å². The molecule has 1 unspecified atom stereocenters. The first-order chi connectivity index (χ1) is 21.7. The average Bonchev–Trinajstić information content (AvgIpc) is 3.68. The van der Waals surface area contributed by atoms with Crippen LogP contribution in [-0.2, 0) is 24.9 Å². The summed E-state index contributed by atoms with van der Waals surface area (Å²) in [5.74, 6) is -0.0150. The van der Waals surface area contributed by atoms with Crippen molar-refractivity contribution < 1.29 is 9.53 Å². The van der Waals surface area contributed by atoms with Gasteiger partial charge in [-0.3, -0.25) is 14.4 Å². The number of aromatic nitrogens is 3. The van der Waals surface area contributed by atoms with Crippen LogP contribution in [0.1, 0.15) is 54.6 Å². The standard InChI is InChI=1S/C36H45N7O2/c1-24-20-43(25(2)19-41(24)3)21-26-8-12-28(13-9-26)29-14-10-27(11-15-29)23-45-34-7-5-6-33(34)40-36(44)32-16-30(17-38-35(32)37)31-18-39-42(4)22-31/h8-18,22,24-25,33-34H,5-7,19-21,23H2,1-4H3,(H2,37,38)(H,40,44)/t24-,25?,33-,34-/m0/s1. The van der Waals surface area contributed by atoms with Gasteiger partial charge < -0.3 is 20.7 Å². The molecule has 3 heterocycles. The molecule has 1 aliphatic carbocycles. The zero-order valence-electron chi connectivity index (χ0n) is 26.8. The normalized spacial score (nSPS) is 22.5. The van der Waals surface area contributed by atoms with Crippen molar-refractivity contribution in [3.05, 3.63) is 89.9 Å². The van der Waals surface area contributed by atoms with Crippen LogP contribution in [0, 0.1) is 0 Å². The molecule has 2 aromatic carbocycles. The van der Waals surface area contributed by atoms with Crippen molar-refractivity contribution >= 4 is 11.7 Å². The maximum Gasteiger partial charge on any atom is 0.255 e. The van der Waals surface area contributed by atoms with Gasteiger partial charge in [-0.25, -0.2) is 4.98 Å². The highest BCUT2D eigenvalue weighted by atomic mass is 16.5. The van der Waals surface area contributed by atoms with E-state index >= 15 is 0 Å². The number of ether oxygens (including phenoxy) is 1. The Balaban J connectivity index is 1.02. The van der Waals surface area contributed by atoms with E-state index in [1.807, 2.05) is 13.2 Å². The number of nitrogens with one attached hydrogen (secondary N) is 1. The van der Waals surface area contributed by atoms with Gasteiger partial charge in [0.25, 0.3) is 5.91 Å². The van der Waals surface area contributed by atoms with Crippen LogP contribution in [0.3, 0.4) is 0 Å². The molecule has 1 saturated heterocycles. The topological polar surface area (TPSA) is 102 Å². The van der Waals surface area contributed by atoms with Gasteiger partial charge in [-0.2, -0.15) is 5.10 Å². The monoisotopic (exact) mass is 607 g/mol. The van der Waals surface area contributed by atoms with E-state index in [1.165, 1.54) is 16.7 Å². The van der Waals surface area contributed by atoms with Gasteiger partial charge in [-0.05, 0) is 68.5 Å². The highest BCUT2D eigenvalue weighted by Crippen LogP contribution is 2.27. The Morgan fingerprint density at radius 3 is 2.31 bits per heavy atom. The molecule has 1 saturated carbocycles. The molecule has 2 aromatic heterocycles. The van der Waals surface area contributed by atoms with E-state index in [0.29, 0.717) is 24.3 Å². The fraction of sp³-hybridized carbons (Fsp3) is 0.417. The lowest BCUT2D eigenvalue weighted by Crippen LogP contribution is -2.54. The first-order valence-electron chi connectivity index (χ1n) is 16.0. The van der Waals surface area contributed by atoms with Crippen molar-refractivity contribution in [3.8, 4) is 22.3 Å². The Morgan fingerprint density at radius 2 is 1.62 bits per heavy atom. The lowest BCUT2D eigenvalue weighted by molar-refractivity contribution is 0.0272. The number of carbonyl (C=O) groups excluding carboxylic acids is 1. The lowest BCUT2D eigenvalue weighted by Gasteiger charge is -2.42. The van der Waals surface area contributed by atoms with Crippen molar-refractivity contribution in [1.29, 1.82) is 0 Å². The van der Waals surface area contributed by atoms with Crippen LogP contribution in [0.2, 0.25) is 0 Å². The van der Waals surface area contributed by atoms with Gasteiger partial charge in [-0.1, -0.05) is 48.5 Å². The number of anilines is 1. The minimum atomic E-state index is -0.228. The Kier molecular flexibility index (Phi) is 9.30. The smallest absolute Gasteiger partial charge is 0.255 e. The minimum absolute atomic E-state index is 0.0529. The number of nitrogens with two attached hydrogens (primary N) is 1. The largest absolute Gasteiger partial charge is 0.383 e. The molecule has 0 radical (unpaired) electrons. The van der Waals surface area contributed by atoms with E-state index < -0.39 is 0 Å². The molecule has 1 amide bonds. The summed E-state index contributed by atoms with van der Waals surface area (Å²) in [4.78, 5) is 22.5. The summed E-state index contributed by atoms with van der Waals surface area (Å²) in [7, 11) is 4.07. The van der Waals surface area contributed by atoms with Crippen LogP contribution < -0.4 is 11.1 Å². The fourth-order valence-corrected chi connectivity index (χ4v) is 6.55. The summed E-state index contributed by atoms with van der Waals surface area (Å²) >= 11 is 0. The third-order valence-electron chi connectivity index (χ3n) is 9.49. The maximum atomic E-state index is 13.3. The number of rotatable bonds is 9. The van der Waals surface area contributed by atoms with Crippen LogP contribution in [0.15, 0.2) is 73.2 Å². The Hall–Kier alpha value is -4.05. The summed E-state index contributed by atoms with van der Waals surface area (Å²) in [6.45, 7) is 8.33. The minimum Gasteiger partial charge on any atom is -0.383 e. The number of benzene rings is 2. The number of likely N-dealkylation sites (N-methyl/N-ethyl adjacent to an activating group) is 1. The number of nitrogen functional groups attached to an aromatic ring is 1. The highest BCUT2D eigenvalue weighted by Gasteiger charge is 2.30. The number of hydrogen-bond donors (Lipinski definition) is 2. The van der Waals surface area contributed by atoms with Crippen molar-refractivity contribution in [1.82, 2.24) is 29.9 Å². The molecule has 0 bridgehead atoms. The molecule has 2 fully saturated rings. The number of carbonyl (C=O) groups is 1. The second-order valence-electron chi connectivity index (χ2n) is 12.9. The van der Waals surface area contributed by atoms with E-state index in [4.69, 9.17) is 10.5 Å². The molecular weight excluding hydrogens is 562 g/mol. The molecule has 9 heteroatoms. The molecule has 9 nitrogen and oxygen atoms in total. The highest BCUT2D eigenvalue weighted by molar-refractivity contribution is 5.99. The Morgan fingerprint density at radius 1 is 0.911 bits per heavy atom. The van der Waals surface area contributed by atoms with E-state index in [0.717, 1.165) is 55.6 Å². The molecule has 3 N–H and O–H groups in total. The van der Waals surface area contributed by atoms with Gasteiger partial charge in [0.2, 0.25) is 0 Å². The Labute approximate surface area is 266 Å². The number of aryl methyl sites for hydroxylation is 1. The number of amides is 1. The van der Waals surface area contributed by atoms with E-state index in [2.05, 4.69) is 94.6 Å². The van der Waals surface area contributed by atoms with Crippen molar-refractivity contribution in [3.63, 3.8) is 0 Å². The van der Waals surface area contributed by atoms with Gasteiger partial charge in [0, 0.05) is 62.3 Å². The number of hydrogen-bond acceptors (Lipinski definition) is 7. The SMILES string of the molecule is CC1CN(C)[C@@H](C)CN1Cc1ccc(-c2ccc(CO[C@H]3CCC[C@@H]3NC(=O)c3cc(-c4cnn(C)c4)cnc3N)cc2)cc1. The molecule has 0 spiro atoms. The third-order valence-corrected chi connectivity index (χ3v) is 9.49. The van der Waals surface area contributed by atoms with Crippen molar-refractivity contribution in [2.75, 3.05) is 25.9 Å². The zero-order chi connectivity index (χ0) is 31.5. The van der Waals surface area contributed by atoms with E-state index in [1.54, 1.807) is 23.1 Å². The van der Waals surface area contributed by atoms with Crippen LogP contribution in [0.4, 0.5) is 5.82 Å². The van der Waals surface area contributed by atoms with Crippen molar-refractivity contribution in [2.45, 2.75) is 70.5 Å². The summed E-state index contributed by atoms with van der Waals surface area (Å²) in [6, 6.07) is 20.4. The first-order valence-corrected chi connectivity index (χ1v) is 16.0. The molecule has 6 rings (SSSR count). The summed E-state index contributed by atoms with van der Waals surface area (Å²) in [5.41, 5.74) is 13.0. The van der Waals surface area contributed by atoms with E-state index in [9.17, 15) is 4.79 Å². The van der Waals surface area contributed by atoms with Crippen LogP contribution in [0.25, 0.3) is 22.3 Å². The number of pyridine rings is 1. The lowest BCUT2D eigenvalue weighted by atomic mass is 10.0. The molecule has 236 valence electrons. The van der Waals surface area contributed by atoms with Gasteiger partial charge in [-0.15, -0.1) is 0 Å². The first kappa shape index (κ1) is 31.0. The number of piperazine rings is 1. The molecule has 45 heavy (non-hydrogen) atoms. The molecular formula is C36H45N7O2. The van der Waals surface area contributed by atoms with Gasteiger partial charge >= 0.3 is 0 Å². The quantitative estimate of drug-likeness (QED) is 0.272. The molecule has 4 aromatic rings. The van der Waals surface area contributed by atoms with Crippen LogP contribution in [-0.4, -0.2) is 74.8 Å². The predicted octanol–water partition coefficient (Wildman–Crippen LogP) is 5.12. The van der Waals surface area contributed by atoms with E-state index in [-0.39, 0.29) is 23.9 Å². The average molecular weight is 608 g/mol. The summed E-state index contributed by atoms with van der Waals surface area (Å²) in [6.07, 6.45) is 8.02. The van der Waals surface area contributed by atoms with Crippen LogP contribution in [0.5, 0.6) is 0 Å². The molecule has 1 aliphatic heterocycles. The second kappa shape index (κ2) is 13.5. The number of nitrogens with zero attached hydrogens (tertiary/aromatic N) is 5. The van der Waals surface area contributed by atoms with Gasteiger partial charge in [0.15, 0.2) is 0 Å². The van der Waals surface area contributed by atoms with Gasteiger partial charge in [0.1, 0.15) is 5.82 Å². The summed E-state index contributed by atoms with van der Waals surface area (Å²) in [5, 5.41) is 7.38. The second-order valence-corrected chi connectivity index (χ2v) is 12.9. The maximum absolute atomic E-state index is 13.3. The predicted molar refractivity (Wildman–Crippen MR) is 178 cm³/mol. The van der Waals surface area contributed by atoms with Gasteiger partial charge in [0.05, 0.1) is 30.5 Å². The molecule has 2 aliphatic rings. The summed E-state index contributed by atoms with van der Waals surface area (Å²) < 4.78 is 8.06. The van der Waals surface area contributed by atoms with Crippen LogP contribution >= 0.6 is 0 Å². The Bertz CT molecular complexity index is 1600. The fourth-order valence-electron chi connectivity index (χ4n) is 6.55. The zero-order valence-corrected chi connectivity index (χ0v) is 26.8.